The number of ketones is 1. The van der Waals surface area contributed by atoms with E-state index in [1.165, 1.54) is 13.2 Å². The summed E-state index contributed by atoms with van der Waals surface area (Å²) in [6.45, 7) is 1.93. The predicted octanol–water partition coefficient (Wildman–Crippen LogP) is 3.19. The van der Waals surface area contributed by atoms with Gasteiger partial charge in [0.15, 0.2) is 5.78 Å². The number of carbonyl (C=O) groups is 1. The van der Waals surface area contributed by atoms with Gasteiger partial charge in [0.2, 0.25) is 0 Å². The van der Waals surface area contributed by atoms with Crippen molar-refractivity contribution in [2.45, 2.75) is 13.3 Å². The SMILES string of the molecule is CCc1cc(C(=O)c2ccccc2)c(OC)cc1O. The molecule has 2 aromatic rings. The van der Waals surface area contributed by atoms with E-state index in [0.717, 1.165) is 5.56 Å². The first-order valence-corrected chi connectivity index (χ1v) is 6.17. The van der Waals surface area contributed by atoms with Gasteiger partial charge < -0.3 is 9.84 Å². The average Bonchev–Trinajstić information content (AvgIpc) is 2.47. The van der Waals surface area contributed by atoms with Crippen molar-refractivity contribution in [3.63, 3.8) is 0 Å². The van der Waals surface area contributed by atoms with Crippen molar-refractivity contribution in [1.82, 2.24) is 0 Å². The third-order valence-corrected chi connectivity index (χ3v) is 3.06. The molecule has 0 fully saturated rings. The van der Waals surface area contributed by atoms with Crippen LogP contribution in [0.2, 0.25) is 0 Å². The Morgan fingerprint density at radius 3 is 2.47 bits per heavy atom. The van der Waals surface area contributed by atoms with Crippen molar-refractivity contribution in [2.75, 3.05) is 7.11 Å². The van der Waals surface area contributed by atoms with E-state index in [2.05, 4.69) is 0 Å². The Kier molecular flexibility index (Phi) is 3.85. The molecular formula is C16H16O3. The summed E-state index contributed by atoms with van der Waals surface area (Å²) in [4.78, 5) is 12.4. The summed E-state index contributed by atoms with van der Waals surface area (Å²) < 4.78 is 5.19. The lowest BCUT2D eigenvalue weighted by atomic mass is 9.99. The lowest BCUT2D eigenvalue weighted by Gasteiger charge is -2.11. The van der Waals surface area contributed by atoms with Gasteiger partial charge in [-0.25, -0.2) is 0 Å². The first kappa shape index (κ1) is 13.1. The van der Waals surface area contributed by atoms with Crippen LogP contribution in [0.3, 0.4) is 0 Å². The first-order valence-electron chi connectivity index (χ1n) is 6.17. The number of aryl methyl sites for hydroxylation is 1. The number of ether oxygens (including phenoxy) is 1. The fourth-order valence-corrected chi connectivity index (χ4v) is 1.99. The molecule has 0 atom stereocenters. The second-order valence-corrected chi connectivity index (χ2v) is 4.23. The van der Waals surface area contributed by atoms with E-state index in [9.17, 15) is 9.90 Å². The van der Waals surface area contributed by atoms with Crippen LogP contribution in [0.1, 0.15) is 28.4 Å². The molecule has 98 valence electrons. The second-order valence-electron chi connectivity index (χ2n) is 4.23. The number of hydrogen-bond donors (Lipinski definition) is 1. The van der Waals surface area contributed by atoms with Crippen molar-refractivity contribution in [3.8, 4) is 11.5 Å². The summed E-state index contributed by atoms with van der Waals surface area (Å²) in [6, 6.07) is 12.2. The Balaban J connectivity index is 2.52. The molecule has 0 saturated heterocycles. The molecule has 0 amide bonds. The second kappa shape index (κ2) is 5.57. The monoisotopic (exact) mass is 256 g/mol. The normalized spacial score (nSPS) is 10.2. The van der Waals surface area contributed by atoms with Gasteiger partial charge in [0.05, 0.1) is 12.7 Å². The van der Waals surface area contributed by atoms with Crippen molar-refractivity contribution >= 4 is 5.78 Å². The zero-order valence-electron chi connectivity index (χ0n) is 11.0. The van der Waals surface area contributed by atoms with E-state index in [1.54, 1.807) is 18.2 Å². The van der Waals surface area contributed by atoms with Crippen LogP contribution in [0.5, 0.6) is 11.5 Å². The molecule has 19 heavy (non-hydrogen) atoms. The molecule has 0 unspecified atom stereocenters. The van der Waals surface area contributed by atoms with E-state index in [1.807, 2.05) is 25.1 Å². The average molecular weight is 256 g/mol. The van der Waals surface area contributed by atoms with Gasteiger partial charge in [-0.1, -0.05) is 37.3 Å². The number of phenolic OH excluding ortho intramolecular Hbond substituents is 1. The van der Waals surface area contributed by atoms with E-state index in [0.29, 0.717) is 23.3 Å². The Labute approximate surface area is 112 Å². The van der Waals surface area contributed by atoms with Crippen LogP contribution in [0, 0.1) is 0 Å². The number of phenols is 1. The Bertz CT molecular complexity index is 588. The third-order valence-electron chi connectivity index (χ3n) is 3.06. The molecule has 2 rings (SSSR count). The topological polar surface area (TPSA) is 46.5 Å². The highest BCUT2D eigenvalue weighted by Crippen LogP contribution is 2.30. The molecule has 0 saturated carbocycles. The molecule has 0 spiro atoms. The lowest BCUT2D eigenvalue weighted by molar-refractivity contribution is 0.103. The molecule has 2 aromatic carbocycles. The third kappa shape index (κ3) is 2.60. The highest BCUT2D eigenvalue weighted by Gasteiger charge is 2.17. The van der Waals surface area contributed by atoms with E-state index >= 15 is 0 Å². The molecule has 0 aliphatic carbocycles. The predicted molar refractivity (Wildman–Crippen MR) is 73.9 cm³/mol. The molecule has 0 aliphatic rings. The Morgan fingerprint density at radius 1 is 1.21 bits per heavy atom. The van der Waals surface area contributed by atoms with Gasteiger partial charge in [-0.2, -0.15) is 0 Å². The zero-order chi connectivity index (χ0) is 13.8. The Hall–Kier alpha value is -2.29. The standard InChI is InChI=1S/C16H16O3/c1-3-11-9-13(15(19-2)10-14(11)17)16(18)12-7-5-4-6-8-12/h4-10,17H,3H2,1-2H3. The minimum Gasteiger partial charge on any atom is -0.508 e. The number of hydrogen-bond acceptors (Lipinski definition) is 3. The fraction of sp³-hybridized carbons (Fsp3) is 0.188. The van der Waals surface area contributed by atoms with E-state index in [-0.39, 0.29) is 11.5 Å². The lowest BCUT2D eigenvalue weighted by Crippen LogP contribution is -2.05. The van der Waals surface area contributed by atoms with E-state index < -0.39 is 0 Å². The number of carbonyl (C=O) groups excluding carboxylic acids is 1. The minimum atomic E-state index is -0.104. The largest absolute Gasteiger partial charge is 0.508 e. The van der Waals surface area contributed by atoms with Gasteiger partial charge in [0, 0.05) is 11.6 Å². The van der Waals surface area contributed by atoms with Gasteiger partial charge in [-0.05, 0) is 18.1 Å². The fourth-order valence-electron chi connectivity index (χ4n) is 1.99. The smallest absolute Gasteiger partial charge is 0.196 e. The molecule has 3 heteroatoms. The molecule has 3 nitrogen and oxygen atoms in total. The van der Waals surface area contributed by atoms with Gasteiger partial charge in [-0.15, -0.1) is 0 Å². The number of benzene rings is 2. The zero-order valence-corrected chi connectivity index (χ0v) is 11.0. The number of aromatic hydroxyl groups is 1. The van der Waals surface area contributed by atoms with Crippen LogP contribution < -0.4 is 4.74 Å². The summed E-state index contributed by atoms with van der Waals surface area (Å²) in [7, 11) is 1.49. The van der Waals surface area contributed by atoms with Crippen LogP contribution >= 0.6 is 0 Å². The van der Waals surface area contributed by atoms with Crippen LogP contribution in [0.15, 0.2) is 42.5 Å². The van der Waals surface area contributed by atoms with Gasteiger partial charge >= 0.3 is 0 Å². The highest BCUT2D eigenvalue weighted by molar-refractivity contribution is 6.11. The summed E-state index contributed by atoms with van der Waals surface area (Å²) in [6.07, 6.45) is 0.658. The maximum atomic E-state index is 12.4. The molecule has 0 bridgehead atoms. The van der Waals surface area contributed by atoms with Gasteiger partial charge in [-0.3, -0.25) is 4.79 Å². The van der Waals surface area contributed by atoms with E-state index in [4.69, 9.17) is 4.74 Å². The highest BCUT2D eigenvalue weighted by atomic mass is 16.5. The number of methoxy groups -OCH3 is 1. The number of rotatable bonds is 4. The molecule has 0 aromatic heterocycles. The summed E-state index contributed by atoms with van der Waals surface area (Å²) >= 11 is 0. The van der Waals surface area contributed by atoms with Crippen LogP contribution in [0.4, 0.5) is 0 Å². The molecule has 0 radical (unpaired) electrons. The molecule has 0 heterocycles. The Morgan fingerprint density at radius 2 is 1.89 bits per heavy atom. The maximum absolute atomic E-state index is 12.4. The van der Waals surface area contributed by atoms with Crippen molar-refractivity contribution in [1.29, 1.82) is 0 Å². The van der Waals surface area contributed by atoms with Crippen molar-refractivity contribution in [2.24, 2.45) is 0 Å². The van der Waals surface area contributed by atoms with Crippen LogP contribution in [-0.4, -0.2) is 18.0 Å². The quantitative estimate of drug-likeness (QED) is 0.854. The summed E-state index contributed by atoms with van der Waals surface area (Å²) in [5.74, 6) is 0.444. The van der Waals surface area contributed by atoms with Crippen LogP contribution in [-0.2, 0) is 6.42 Å². The summed E-state index contributed by atoms with van der Waals surface area (Å²) in [5.41, 5.74) is 1.82. The van der Waals surface area contributed by atoms with Gasteiger partial charge in [0.25, 0.3) is 0 Å². The maximum Gasteiger partial charge on any atom is 0.196 e. The molecular weight excluding hydrogens is 240 g/mol. The van der Waals surface area contributed by atoms with Crippen molar-refractivity contribution < 1.29 is 14.6 Å². The van der Waals surface area contributed by atoms with Crippen LogP contribution in [0.25, 0.3) is 0 Å². The van der Waals surface area contributed by atoms with Gasteiger partial charge in [0.1, 0.15) is 11.5 Å². The molecule has 0 aliphatic heterocycles. The first-order chi connectivity index (χ1) is 9.17. The van der Waals surface area contributed by atoms with Crippen molar-refractivity contribution in [3.05, 3.63) is 59.2 Å². The minimum absolute atomic E-state index is 0.104. The molecule has 1 N–H and O–H groups in total. The summed E-state index contributed by atoms with van der Waals surface area (Å²) in [5, 5.41) is 9.81.